The molecule has 2 aromatic heterocycles. The molecular weight excluding hydrogens is 444 g/mol. The Kier molecular flexibility index (Phi) is 7.03. The van der Waals surface area contributed by atoms with E-state index in [1.54, 1.807) is 0 Å². The van der Waals surface area contributed by atoms with Gasteiger partial charge in [-0.1, -0.05) is 18.2 Å². The number of benzene rings is 1. The van der Waals surface area contributed by atoms with Crippen LogP contribution in [0.25, 0.3) is 5.69 Å². The minimum Gasteiger partial charge on any atom is -0.469 e. The van der Waals surface area contributed by atoms with E-state index in [2.05, 4.69) is 71.7 Å². The molecule has 178 valence electrons. The van der Waals surface area contributed by atoms with Crippen molar-refractivity contribution >= 4 is 23.3 Å². The smallest absolute Gasteiger partial charge is 0.305 e. The minimum atomic E-state index is -0.205. The standard InChI is InChI=1S/C27H32N4O2S/c1-17-11-12-18(2)23(15-17)31-19(3)16-21(20(31)4)26-25(22-9-6-7-13-28-22)29-27(34)30(26)14-8-10-24(32)33-5/h6-7,9,11-13,15-16,25-26H,8,10,14H2,1-5H3,(H,29,34)/t25-,26-/m0/s1. The van der Waals surface area contributed by atoms with Crippen LogP contribution in [-0.2, 0) is 9.53 Å². The number of nitrogens with one attached hydrogen (secondary N) is 1. The summed E-state index contributed by atoms with van der Waals surface area (Å²) in [6.45, 7) is 9.25. The normalized spacial score (nSPS) is 17.7. The maximum absolute atomic E-state index is 11.7. The zero-order valence-electron chi connectivity index (χ0n) is 20.5. The van der Waals surface area contributed by atoms with Gasteiger partial charge in [-0.3, -0.25) is 9.78 Å². The molecule has 6 nitrogen and oxygen atoms in total. The highest BCUT2D eigenvalue weighted by atomic mass is 32.1. The number of carbonyl (C=O) groups is 1. The predicted octanol–water partition coefficient (Wildman–Crippen LogP) is 5.03. The third kappa shape index (κ3) is 4.57. The number of methoxy groups -OCH3 is 1. The van der Waals surface area contributed by atoms with Crippen molar-refractivity contribution in [3.05, 3.63) is 82.4 Å². The number of nitrogens with zero attached hydrogens (tertiary/aromatic N) is 3. The average molecular weight is 477 g/mol. The van der Waals surface area contributed by atoms with Crippen LogP contribution in [0.4, 0.5) is 0 Å². The van der Waals surface area contributed by atoms with Crippen molar-refractivity contribution in [1.82, 2.24) is 19.8 Å². The molecule has 0 unspecified atom stereocenters. The van der Waals surface area contributed by atoms with E-state index in [0.29, 0.717) is 24.5 Å². The van der Waals surface area contributed by atoms with E-state index in [-0.39, 0.29) is 18.1 Å². The first-order valence-corrected chi connectivity index (χ1v) is 12.0. The fraction of sp³-hybridized carbons (Fsp3) is 0.370. The molecular formula is C27H32N4O2S. The molecule has 3 aromatic rings. The SMILES string of the molecule is COC(=O)CCCN1C(=S)N[C@@H](c2ccccn2)[C@@H]1c1cc(C)n(-c2cc(C)ccc2C)c1C. The molecule has 0 amide bonds. The van der Waals surface area contributed by atoms with Crippen LogP contribution in [0.5, 0.6) is 0 Å². The van der Waals surface area contributed by atoms with Gasteiger partial charge >= 0.3 is 5.97 Å². The first-order valence-electron chi connectivity index (χ1n) is 11.6. The number of hydrogen-bond acceptors (Lipinski definition) is 4. The number of hydrogen-bond donors (Lipinski definition) is 1. The first kappa shape index (κ1) is 24.0. The van der Waals surface area contributed by atoms with E-state index < -0.39 is 0 Å². The van der Waals surface area contributed by atoms with Crippen LogP contribution in [-0.4, -0.2) is 39.2 Å². The predicted molar refractivity (Wildman–Crippen MR) is 138 cm³/mol. The topological polar surface area (TPSA) is 59.4 Å². The van der Waals surface area contributed by atoms with Gasteiger partial charge in [0.25, 0.3) is 0 Å². The Morgan fingerprint density at radius 1 is 1.15 bits per heavy atom. The summed E-state index contributed by atoms with van der Waals surface area (Å²) in [6.07, 6.45) is 2.84. The fourth-order valence-corrected chi connectivity index (χ4v) is 5.23. The van der Waals surface area contributed by atoms with Crippen molar-refractivity contribution in [2.45, 2.75) is 52.6 Å². The van der Waals surface area contributed by atoms with Crippen molar-refractivity contribution in [2.75, 3.05) is 13.7 Å². The van der Waals surface area contributed by atoms with E-state index in [9.17, 15) is 4.79 Å². The summed E-state index contributed by atoms with van der Waals surface area (Å²) in [6, 6.07) is 14.7. The van der Waals surface area contributed by atoms with Crippen LogP contribution in [0.15, 0.2) is 48.7 Å². The van der Waals surface area contributed by atoms with Crippen LogP contribution in [0.1, 0.15) is 58.7 Å². The van der Waals surface area contributed by atoms with E-state index in [0.717, 1.165) is 5.69 Å². The summed E-state index contributed by atoms with van der Waals surface area (Å²) >= 11 is 5.78. The number of carbonyl (C=O) groups excluding carboxylic acids is 1. The highest BCUT2D eigenvalue weighted by Crippen LogP contribution is 2.41. The molecule has 1 aromatic carbocycles. The van der Waals surface area contributed by atoms with Gasteiger partial charge in [0.1, 0.15) is 0 Å². The molecule has 34 heavy (non-hydrogen) atoms. The lowest BCUT2D eigenvalue weighted by Gasteiger charge is -2.28. The number of pyridine rings is 1. The van der Waals surface area contributed by atoms with Gasteiger partial charge in [0, 0.05) is 36.2 Å². The zero-order chi connectivity index (χ0) is 24.4. The van der Waals surface area contributed by atoms with Crippen LogP contribution in [0, 0.1) is 27.7 Å². The Bertz CT molecular complexity index is 1200. The maximum Gasteiger partial charge on any atom is 0.305 e. The Hall–Kier alpha value is -3.19. The summed E-state index contributed by atoms with van der Waals surface area (Å²) in [5, 5.41) is 4.19. The molecule has 1 fully saturated rings. The summed E-state index contributed by atoms with van der Waals surface area (Å²) in [4.78, 5) is 18.6. The highest BCUT2D eigenvalue weighted by Gasteiger charge is 2.41. The second kappa shape index (κ2) is 9.97. The number of aromatic nitrogens is 2. The highest BCUT2D eigenvalue weighted by molar-refractivity contribution is 7.80. The van der Waals surface area contributed by atoms with Gasteiger partial charge < -0.3 is 19.5 Å². The number of rotatable bonds is 7. The molecule has 1 N–H and O–H groups in total. The lowest BCUT2D eigenvalue weighted by molar-refractivity contribution is -0.140. The molecule has 0 saturated carbocycles. The number of esters is 1. The summed E-state index contributed by atoms with van der Waals surface area (Å²) < 4.78 is 7.17. The van der Waals surface area contributed by atoms with Gasteiger partial charge in [0.05, 0.1) is 24.9 Å². The van der Waals surface area contributed by atoms with Gasteiger partial charge in [-0.25, -0.2) is 0 Å². The molecule has 2 atom stereocenters. The molecule has 0 bridgehead atoms. The van der Waals surface area contributed by atoms with E-state index in [4.69, 9.17) is 17.0 Å². The molecule has 0 spiro atoms. The molecule has 0 radical (unpaired) electrons. The molecule has 1 aliphatic heterocycles. The second-order valence-electron chi connectivity index (χ2n) is 8.95. The molecule has 1 saturated heterocycles. The molecule has 0 aliphatic carbocycles. The molecule has 7 heteroatoms. The summed E-state index contributed by atoms with van der Waals surface area (Å²) in [5.74, 6) is -0.205. The van der Waals surface area contributed by atoms with E-state index in [1.807, 2.05) is 24.4 Å². The molecule has 1 aliphatic rings. The largest absolute Gasteiger partial charge is 0.469 e. The van der Waals surface area contributed by atoms with Crippen molar-refractivity contribution < 1.29 is 9.53 Å². The third-order valence-electron chi connectivity index (χ3n) is 6.60. The Balaban J connectivity index is 1.78. The summed E-state index contributed by atoms with van der Waals surface area (Å²) in [5.41, 5.74) is 8.17. The third-order valence-corrected chi connectivity index (χ3v) is 6.95. The number of thiocarbonyl (C=S) groups is 1. The van der Waals surface area contributed by atoms with Gasteiger partial charge in [0.15, 0.2) is 5.11 Å². The van der Waals surface area contributed by atoms with Gasteiger partial charge in [-0.2, -0.15) is 0 Å². The Morgan fingerprint density at radius 2 is 1.94 bits per heavy atom. The van der Waals surface area contributed by atoms with Gasteiger partial charge in [-0.15, -0.1) is 0 Å². The Labute approximate surface area is 207 Å². The number of aryl methyl sites for hydroxylation is 3. The van der Waals surface area contributed by atoms with E-state index >= 15 is 0 Å². The lowest BCUT2D eigenvalue weighted by Crippen LogP contribution is -2.31. The quantitative estimate of drug-likeness (QED) is 0.381. The van der Waals surface area contributed by atoms with Crippen molar-refractivity contribution in [3.63, 3.8) is 0 Å². The van der Waals surface area contributed by atoms with Crippen molar-refractivity contribution in [1.29, 1.82) is 0 Å². The van der Waals surface area contributed by atoms with Crippen LogP contribution >= 0.6 is 12.2 Å². The van der Waals surface area contributed by atoms with Crippen LogP contribution < -0.4 is 5.32 Å². The maximum atomic E-state index is 11.7. The van der Waals surface area contributed by atoms with Crippen LogP contribution in [0.3, 0.4) is 0 Å². The zero-order valence-corrected chi connectivity index (χ0v) is 21.3. The number of ether oxygens (including phenoxy) is 1. The minimum absolute atomic E-state index is 0.0369. The van der Waals surface area contributed by atoms with E-state index in [1.165, 1.54) is 40.9 Å². The average Bonchev–Trinajstić information content (AvgIpc) is 3.31. The molecule has 3 heterocycles. The van der Waals surface area contributed by atoms with Crippen molar-refractivity contribution in [3.8, 4) is 5.69 Å². The fourth-order valence-electron chi connectivity index (χ4n) is 4.90. The molecule has 4 rings (SSSR count). The second-order valence-corrected chi connectivity index (χ2v) is 9.34. The first-order chi connectivity index (χ1) is 16.3. The monoisotopic (exact) mass is 476 g/mol. The van der Waals surface area contributed by atoms with Crippen molar-refractivity contribution in [2.24, 2.45) is 0 Å². The lowest BCUT2D eigenvalue weighted by atomic mass is 9.96. The summed E-state index contributed by atoms with van der Waals surface area (Å²) in [7, 11) is 1.42. The van der Waals surface area contributed by atoms with Gasteiger partial charge in [0.2, 0.25) is 0 Å². The van der Waals surface area contributed by atoms with Gasteiger partial charge in [-0.05, 0) is 87.3 Å². The Morgan fingerprint density at radius 3 is 2.65 bits per heavy atom. The van der Waals surface area contributed by atoms with Crippen LogP contribution in [0.2, 0.25) is 0 Å².